The maximum Gasteiger partial charge on any atom is 0.295 e. The van der Waals surface area contributed by atoms with Crippen LogP contribution in [0.3, 0.4) is 0 Å². The zero-order chi connectivity index (χ0) is 24.2. The molecule has 1 unspecified atom stereocenters. The van der Waals surface area contributed by atoms with Crippen molar-refractivity contribution in [2.75, 3.05) is 33.3 Å². The van der Waals surface area contributed by atoms with Gasteiger partial charge in [-0.15, -0.1) is 0 Å². The van der Waals surface area contributed by atoms with E-state index in [-0.39, 0.29) is 11.3 Å². The SMILES string of the molecule is CCN(CC)CCN1C(=O)C(=O)/C(=C(/O)c2cccc3ccccc23)C1c1ccccc1OC. The van der Waals surface area contributed by atoms with Crippen LogP contribution in [-0.4, -0.2) is 59.9 Å². The van der Waals surface area contributed by atoms with Gasteiger partial charge in [-0.25, -0.2) is 0 Å². The molecule has 1 aliphatic rings. The maximum atomic E-state index is 13.4. The Morgan fingerprint density at radius 1 is 0.971 bits per heavy atom. The van der Waals surface area contributed by atoms with Crippen LogP contribution in [-0.2, 0) is 9.59 Å². The molecule has 3 aromatic rings. The van der Waals surface area contributed by atoms with Crippen molar-refractivity contribution in [1.82, 2.24) is 9.80 Å². The molecule has 0 saturated carbocycles. The van der Waals surface area contributed by atoms with E-state index in [4.69, 9.17) is 4.74 Å². The molecule has 6 nitrogen and oxygen atoms in total. The van der Waals surface area contributed by atoms with Crippen LogP contribution in [0.1, 0.15) is 31.0 Å². The fraction of sp³-hybridized carbons (Fsp3) is 0.286. The summed E-state index contributed by atoms with van der Waals surface area (Å²) in [6.07, 6.45) is 0. The van der Waals surface area contributed by atoms with Crippen molar-refractivity contribution >= 4 is 28.2 Å². The van der Waals surface area contributed by atoms with Crippen LogP contribution in [0, 0.1) is 0 Å². The highest BCUT2D eigenvalue weighted by Crippen LogP contribution is 2.43. The number of ketones is 1. The molecule has 0 aliphatic carbocycles. The van der Waals surface area contributed by atoms with Crippen molar-refractivity contribution in [3.8, 4) is 5.75 Å². The first-order valence-corrected chi connectivity index (χ1v) is 11.6. The van der Waals surface area contributed by atoms with E-state index in [0.29, 0.717) is 30.0 Å². The molecule has 6 heteroatoms. The lowest BCUT2D eigenvalue weighted by molar-refractivity contribution is -0.140. The summed E-state index contributed by atoms with van der Waals surface area (Å²) in [4.78, 5) is 30.4. The summed E-state index contributed by atoms with van der Waals surface area (Å²) >= 11 is 0. The molecule has 1 N–H and O–H groups in total. The van der Waals surface area contributed by atoms with Gasteiger partial charge >= 0.3 is 0 Å². The van der Waals surface area contributed by atoms with Gasteiger partial charge < -0.3 is 19.6 Å². The van der Waals surface area contributed by atoms with Crippen molar-refractivity contribution in [2.24, 2.45) is 0 Å². The van der Waals surface area contributed by atoms with Gasteiger partial charge in [0.15, 0.2) is 0 Å². The number of carbonyl (C=O) groups is 2. The van der Waals surface area contributed by atoms with E-state index >= 15 is 0 Å². The number of amides is 1. The maximum absolute atomic E-state index is 13.4. The summed E-state index contributed by atoms with van der Waals surface area (Å²) in [5, 5.41) is 13.3. The Hall–Kier alpha value is -3.64. The zero-order valence-electron chi connectivity index (χ0n) is 19.8. The van der Waals surface area contributed by atoms with Crippen LogP contribution in [0.2, 0.25) is 0 Å². The number of Topliss-reactive ketones (excluding diaryl/α,β-unsaturated/α-hetero) is 1. The van der Waals surface area contributed by atoms with Gasteiger partial charge in [-0.3, -0.25) is 9.59 Å². The van der Waals surface area contributed by atoms with Crippen molar-refractivity contribution in [3.05, 3.63) is 83.4 Å². The van der Waals surface area contributed by atoms with E-state index < -0.39 is 17.7 Å². The molecule has 0 radical (unpaired) electrons. The second kappa shape index (κ2) is 10.1. The topological polar surface area (TPSA) is 70.1 Å². The minimum absolute atomic E-state index is 0.0883. The quantitative estimate of drug-likeness (QED) is 0.303. The molecule has 1 aliphatic heterocycles. The zero-order valence-corrected chi connectivity index (χ0v) is 19.8. The van der Waals surface area contributed by atoms with E-state index in [9.17, 15) is 14.7 Å². The first-order chi connectivity index (χ1) is 16.5. The summed E-state index contributed by atoms with van der Waals surface area (Å²) < 4.78 is 5.58. The molecule has 4 rings (SSSR count). The van der Waals surface area contributed by atoms with Crippen LogP contribution in [0.4, 0.5) is 0 Å². The number of hydrogen-bond acceptors (Lipinski definition) is 5. The summed E-state index contributed by atoms with van der Waals surface area (Å²) in [7, 11) is 1.56. The standard InChI is InChI=1S/C28H30N2O4/c1-4-29(5-2)17-18-30-25(22-14-8-9-16-23(22)34-3)24(27(32)28(30)33)26(31)21-15-10-12-19-11-6-7-13-20(19)21/h6-16,25,31H,4-5,17-18H2,1-3H3/b26-24+. The van der Waals surface area contributed by atoms with Crippen LogP contribution in [0.25, 0.3) is 16.5 Å². The van der Waals surface area contributed by atoms with Gasteiger partial charge in [-0.1, -0.05) is 74.5 Å². The number of para-hydroxylation sites is 1. The molecule has 1 amide bonds. The largest absolute Gasteiger partial charge is 0.507 e. The Balaban J connectivity index is 1.90. The first kappa shape index (κ1) is 23.5. The molecule has 0 spiro atoms. The number of likely N-dealkylation sites (N-methyl/N-ethyl adjacent to an activating group) is 1. The number of aliphatic hydroxyl groups excluding tert-OH is 1. The lowest BCUT2D eigenvalue weighted by atomic mass is 9.93. The van der Waals surface area contributed by atoms with Gasteiger partial charge in [0.05, 0.1) is 18.7 Å². The van der Waals surface area contributed by atoms with Gasteiger partial charge in [0.1, 0.15) is 11.5 Å². The fourth-order valence-electron chi connectivity index (χ4n) is 4.69. The van der Waals surface area contributed by atoms with E-state index in [1.807, 2.05) is 54.6 Å². The number of carbonyl (C=O) groups excluding carboxylic acids is 2. The van der Waals surface area contributed by atoms with Gasteiger partial charge in [-0.05, 0) is 29.9 Å². The number of nitrogens with zero attached hydrogens (tertiary/aromatic N) is 2. The van der Waals surface area contributed by atoms with Gasteiger partial charge in [-0.2, -0.15) is 0 Å². The van der Waals surface area contributed by atoms with Gasteiger partial charge in [0, 0.05) is 24.2 Å². The number of methoxy groups -OCH3 is 1. The van der Waals surface area contributed by atoms with Crippen LogP contribution in [0.5, 0.6) is 5.75 Å². The van der Waals surface area contributed by atoms with E-state index in [1.165, 1.54) is 0 Å². The summed E-state index contributed by atoms with van der Waals surface area (Å²) in [6.45, 7) is 6.80. The summed E-state index contributed by atoms with van der Waals surface area (Å²) in [5.41, 5.74) is 1.29. The molecule has 0 bridgehead atoms. The smallest absolute Gasteiger partial charge is 0.295 e. The van der Waals surface area contributed by atoms with Gasteiger partial charge in [0.25, 0.3) is 11.7 Å². The molecule has 1 heterocycles. The van der Waals surface area contributed by atoms with Gasteiger partial charge in [0.2, 0.25) is 0 Å². The van der Waals surface area contributed by atoms with Crippen molar-refractivity contribution < 1.29 is 19.4 Å². The number of ether oxygens (including phenoxy) is 1. The second-order valence-corrected chi connectivity index (χ2v) is 8.29. The Morgan fingerprint density at radius 3 is 2.38 bits per heavy atom. The number of aliphatic hydroxyl groups is 1. The third kappa shape index (κ3) is 4.17. The highest BCUT2D eigenvalue weighted by molar-refractivity contribution is 6.46. The third-order valence-corrected chi connectivity index (χ3v) is 6.57. The average Bonchev–Trinajstić information content (AvgIpc) is 3.13. The van der Waals surface area contributed by atoms with Crippen molar-refractivity contribution in [2.45, 2.75) is 19.9 Å². The Kier molecular flexibility index (Phi) is 6.98. The molecule has 176 valence electrons. The average molecular weight is 459 g/mol. The normalized spacial score (nSPS) is 17.6. The molecule has 34 heavy (non-hydrogen) atoms. The Bertz CT molecular complexity index is 1240. The molecule has 0 aromatic heterocycles. The lowest BCUT2D eigenvalue weighted by Crippen LogP contribution is -2.38. The third-order valence-electron chi connectivity index (χ3n) is 6.57. The fourth-order valence-corrected chi connectivity index (χ4v) is 4.69. The Morgan fingerprint density at radius 2 is 1.65 bits per heavy atom. The molecule has 1 saturated heterocycles. The molecule has 1 atom stereocenters. The summed E-state index contributed by atoms with van der Waals surface area (Å²) in [5.74, 6) is -0.895. The van der Waals surface area contributed by atoms with Crippen LogP contribution < -0.4 is 4.74 Å². The van der Waals surface area contributed by atoms with Crippen molar-refractivity contribution in [3.63, 3.8) is 0 Å². The molecular formula is C28H30N2O4. The van der Waals surface area contributed by atoms with Crippen LogP contribution in [0.15, 0.2) is 72.3 Å². The number of fused-ring (bicyclic) bond motifs is 1. The minimum atomic E-state index is -0.745. The molecule has 3 aromatic carbocycles. The summed E-state index contributed by atoms with van der Waals surface area (Å²) in [6, 6.07) is 19.8. The highest BCUT2D eigenvalue weighted by Gasteiger charge is 2.47. The van der Waals surface area contributed by atoms with E-state index in [2.05, 4.69) is 18.7 Å². The van der Waals surface area contributed by atoms with E-state index in [0.717, 1.165) is 23.9 Å². The predicted octanol–water partition coefficient (Wildman–Crippen LogP) is 4.61. The monoisotopic (exact) mass is 458 g/mol. The minimum Gasteiger partial charge on any atom is -0.507 e. The number of likely N-dealkylation sites (tertiary alicyclic amines) is 1. The second-order valence-electron chi connectivity index (χ2n) is 8.29. The van der Waals surface area contributed by atoms with Crippen LogP contribution >= 0.6 is 0 Å². The number of rotatable bonds is 8. The van der Waals surface area contributed by atoms with E-state index in [1.54, 1.807) is 24.1 Å². The Labute approximate surface area is 200 Å². The number of benzene rings is 3. The molecule has 1 fully saturated rings. The predicted molar refractivity (Wildman–Crippen MR) is 134 cm³/mol. The lowest BCUT2D eigenvalue weighted by Gasteiger charge is -2.29. The molecular weight excluding hydrogens is 428 g/mol. The number of hydrogen-bond donors (Lipinski definition) is 1. The first-order valence-electron chi connectivity index (χ1n) is 11.6. The highest BCUT2D eigenvalue weighted by atomic mass is 16.5. The van der Waals surface area contributed by atoms with Crippen molar-refractivity contribution in [1.29, 1.82) is 0 Å².